The third-order valence-electron chi connectivity index (χ3n) is 3.60. The number of anilines is 1. The molecule has 0 saturated heterocycles. The Kier molecular flexibility index (Phi) is 2.70. The number of aromatic nitrogens is 2. The second-order valence-electron chi connectivity index (χ2n) is 4.88. The maximum Gasteiger partial charge on any atom is 0.241 e. The molecule has 20 heavy (non-hydrogen) atoms. The smallest absolute Gasteiger partial charge is 0.241 e. The van der Waals surface area contributed by atoms with E-state index in [9.17, 15) is 14.0 Å². The number of nitrogens with zero attached hydrogens (tertiary/aromatic N) is 1. The number of halogens is 1. The highest BCUT2D eigenvalue weighted by Gasteiger charge is 2.56. The highest BCUT2D eigenvalue weighted by molar-refractivity contribution is 6.14. The Morgan fingerprint density at radius 3 is 2.75 bits per heavy atom. The molecule has 3 N–H and O–H groups in total. The average molecular weight is 276 g/mol. The highest BCUT2D eigenvalue weighted by atomic mass is 19.1. The third kappa shape index (κ3) is 1.82. The van der Waals surface area contributed by atoms with Gasteiger partial charge >= 0.3 is 0 Å². The second-order valence-corrected chi connectivity index (χ2v) is 4.88. The lowest BCUT2D eigenvalue weighted by Crippen LogP contribution is -2.38. The first-order chi connectivity index (χ1) is 9.56. The molecule has 0 radical (unpaired) electrons. The maximum atomic E-state index is 13.2. The Morgan fingerprint density at radius 2 is 2.10 bits per heavy atom. The molecule has 0 unspecified atom stereocenters. The molecule has 3 rings (SSSR count). The zero-order valence-electron chi connectivity index (χ0n) is 10.8. The van der Waals surface area contributed by atoms with Crippen molar-refractivity contribution in [3.63, 3.8) is 0 Å². The first-order valence-corrected chi connectivity index (χ1v) is 6.24. The monoisotopic (exact) mass is 276 g/mol. The molecule has 1 heterocycles. The first-order valence-electron chi connectivity index (χ1n) is 6.24. The largest absolute Gasteiger partial charge is 0.358 e. The summed E-state index contributed by atoms with van der Waals surface area (Å²) in [7, 11) is 1.50. The molecule has 0 aliphatic heterocycles. The van der Waals surface area contributed by atoms with Crippen molar-refractivity contribution in [2.24, 2.45) is 5.41 Å². The number of amides is 2. The number of hydrogen-bond acceptors (Lipinski definition) is 3. The Balaban J connectivity index is 1.88. The molecule has 2 aromatic rings. The molecule has 6 nitrogen and oxygen atoms in total. The Hall–Kier alpha value is -2.44. The number of aromatic amines is 1. The summed E-state index contributed by atoms with van der Waals surface area (Å²) in [4.78, 5) is 23.9. The van der Waals surface area contributed by atoms with Crippen LogP contribution in [0.1, 0.15) is 12.8 Å². The molecular weight excluding hydrogens is 263 g/mol. The van der Waals surface area contributed by atoms with Crippen LogP contribution in [-0.2, 0) is 9.59 Å². The average Bonchev–Trinajstić information content (AvgIpc) is 3.17. The predicted molar refractivity (Wildman–Crippen MR) is 70.4 cm³/mol. The normalized spacial score (nSPS) is 15.9. The van der Waals surface area contributed by atoms with Gasteiger partial charge < -0.3 is 10.6 Å². The van der Waals surface area contributed by atoms with Gasteiger partial charge in [0.1, 0.15) is 11.2 Å². The molecule has 7 heteroatoms. The Morgan fingerprint density at radius 1 is 1.35 bits per heavy atom. The van der Waals surface area contributed by atoms with Crippen LogP contribution in [0.2, 0.25) is 0 Å². The number of carbonyl (C=O) groups excluding carboxylic acids is 2. The molecule has 0 atom stereocenters. The lowest BCUT2D eigenvalue weighted by atomic mass is 10.1. The topological polar surface area (TPSA) is 86.9 Å². The molecule has 2 amide bonds. The van der Waals surface area contributed by atoms with Gasteiger partial charge in [0, 0.05) is 12.4 Å². The van der Waals surface area contributed by atoms with Crippen molar-refractivity contribution in [1.82, 2.24) is 15.5 Å². The fourth-order valence-corrected chi connectivity index (χ4v) is 2.23. The quantitative estimate of drug-likeness (QED) is 0.735. The maximum absolute atomic E-state index is 13.2. The van der Waals surface area contributed by atoms with E-state index in [4.69, 9.17) is 0 Å². The van der Waals surface area contributed by atoms with Crippen LogP contribution < -0.4 is 10.6 Å². The van der Waals surface area contributed by atoms with Gasteiger partial charge in [-0.3, -0.25) is 14.7 Å². The van der Waals surface area contributed by atoms with Crippen molar-refractivity contribution in [2.45, 2.75) is 12.8 Å². The summed E-state index contributed by atoms with van der Waals surface area (Å²) < 4.78 is 13.2. The van der Waals surface area contributed by atoms with E-state index in [1.54, 1.807) is 6.07 Å². The zero-order chi connectivity index (χ0) is 14.3. The SMILES string of the molecule is CNC(=O)C1(C(=O)Nc2n[nH]c3ccc(F)cc23)CC1. The number of H-pyrrole nitrogens is 1. The van der Waals surface area contributed by atoms with E-state index in [1.165, 1.54) is 19.2 Å². The molecule has 1 aliphatic rings. The molecule has 1 fully saturated rings. The standard InChI is InChI=1S/C13H13FN4O2/c1-15-11(19)13(4-5-13)12(20)16-10-8-6-7(14)2-3-9(8)17-18-10/h2-3,6H,4-5H2,1H3,(H,15,19)(H2,16,17,18,20). The van der Waals surface area contributed by atoms with Crippen LogP contribution in [0.5, 0.6) is 0 Å². The van der Waals surface area contributed by atoms with Crippen LogP contribution >= 0.6 is 0 Å². The first kappa shape index (κ1) is 12.6. The van der Waals surface area contributed by atoms with E-state index in [0.717, 1.165) is 0 Å². The minimum Gasteiger partial charge on any atom is -0.358 e. The van der Waals surface area contributed by atoms with E-state index in [0.29, 0.717) is 23.7 Å². The summed E-state index contributed by atoms with van der Waals surface area (Å²) in [6, 6.07) is 4.13. The van der Waals surface area contributed by atoms with Gasteiger partial charge in [-0.25, -0.2) is 4.39 Å². The molecule has 1 aliphatic carbocycles. The Bertz CT molecular complexity index is 705. The van der Waals surface area contributed by atoms with E-state index in [1.807, 2.05) is 0 Å². The van der Waals surface area contributed by atoms with Crippen LogP contribution in [0.3, 0.4) is 0 Å². The van der Waals surface area contributed by atoms with E-state index in [2.05, 4.69) is 20.8 Å². The van der Waals surface area contributed by atoms with Crippen LogP contribution in [0.25, 0.3) is 10.9 Å². The summed E-state index contributed by atoms with van der Waals surface area (Å²) in [5.74, 6) is -0.892. The molecule has 1 aromatic heterocycles. The third-order valence-corrected chi connectivity index (χ3v) is 3.60. The van der Waals surface area contributed by atoms with E-state index in [-0.39, 0.29) is 11.7 Å². The summed E-state index contributed by atoms with van der Waals surface area (Å²) in [5, 5.41) is 12.2. The van der Waals surface area contributed by atoms with Gasteiger partial charge in [-0.1, -0.05) is 0 Å². The zero-order valence-corrected chi connectivity index (χ0v) is 10.8. The van der Waals surface area contributed by atoms with Crippen LogP contribution in [0, 0.1) is 11.2 Å². The van der Waals surface area contributed by atoms with Crippen molar-refractivity contribution < 1.29 is 14.0 Å². The number of nitrogens with one attached hydrogen (secondary N) is 3. The van der Waals surface area contributed by atoms with Gasteiger partial charge in [-0.15, -0.1) is 0 Å². The van der Waals surface area contributed by atoms with Gasteiger partial charge in [-0.05, 0) is 31.0 Å². The van der Waals surface area contributed by atoms with Gasteiger partial charge in [0.2, 0.25) is 11.8 Å². The van der Waals surface area contributed by atoms with Crippen LogP contribution in [0.15, 0.2) is 18.2 Å². The molecule has 1 aromatic carbocycles. The van der Waals surface area contributed by atoms with Crippen molar-refractivity contribution >= 4 is 28.5 Å². The minimum absolute atomic E-state index is 0.236. The molecular formula is C13H13FN4O2. The fourth-order valence-electron chi connectivity index (χ4n) is 2.23. The van der Waals surface area contributed by atoms with Gasteiger partial charge in [0.05, 0.1) is 5.52 Å². The summed E-state index contributed by atoms with van der Waals surface area (Å²) in [6.45, 7) is 0. The summed E-state index contributed by atoms with van der Waals surface area (Å²) in [6.07, 6.45) is 1.02. The summed E-state index contributed by atoms with van der Waals surface area (Å²) >= 11 is 0. The van der Waals surface area contributed by atoms with E-state index < -0.39 is 17.1 Å². The van der Waals surface area contributed by atoms with E-state index >= 15 is 0 Å². The number of rotatable bonds is 3. The van der Waals surface area contributed by atoms with Gasteiger partial charge in [0.15, 0.2) is 5.82 Å². The minimum atomic E-state index is -1.01. The number of carbonyl (C=O) groups is 2. The molecule has 0 bridgehead atoms. The van der Waals surface area contributed by atoms with Crippen LogP contribution in [-0.4, -0.2) is 29.1 Å². The van der Waals surface area contributed by atoms with Crippen molar-refractivity contribution in [2.75, 3.05) is 12.4 Å². The lowest BCUT2D eigenvalue weighted by molar-refractivity contribution is -0.134. The van der Waals surface area contributed by atoms with Crippen molar-refractivity contribution in [1.29, 1.82) is 0 Å². The second kappa shape index (κ2) is 4.29. The number of hydrogen-bond donors (Lipinski definition) is 3. The Labute approximate surface area is 113 Å². The lowest BCUT2D eigenvalue weighted by Gasteiger charge is -2.12. The molecule has 1 saturated carbocycles. The van der Waals surface area contributed by atoms with Crippen molar-refractivity contribution in [3.05, 3.63) is 24.0 Å². The molecule has 104 valence electrons. The summed E-state index contributed by atoms with van der Waals surface area (Å²) in [5.41, 5.74) is -0.389. The highest BCUT2D eigenvalue weighted by Crippen LogP contribution is 2.46. The number of benzene rings is 1. The predicted octanol–water partition coefficient (Wildman–Crippen LogP) is 1.17. The number of fused-ring (bicyclic) bond motifs is 1. The van der Waals surface area contributed by atoms with Gasteiger partial charge in [-0.2, -0.15) is 5.10 Å². The van der Waals surface area contributed by atoms with Gasteiger partial charge in [0.25, 0.3) is 0 Å². The van der Waals surface area contributed by atoms with Crippen molar-refractivity contribution in [3.8, 4) is 0 Å². The van der Waals surface area contributed by atoms with Crippen LogP contribution in [0.4, 0.5) is 10.2 Å². The fraction of sp³-hybridized carbons (Fsp3) is 0.308. The molecule has 0 spiro atoms.